The number of carbonyl (C=O) groups is 2. The lowest BCUT2D eigenvalue weighted by Gasteiger charge is -2.06. The Bertz CT molecular complexity index is 1060. The molecule has 3 rings (SSSR count). The van der Waals surface area contributed by atoms with Gasteiger partial charge in [-0.2, -0.15) is 0 Å². The molecule has 1 heterocycles. The second kappa shape index (κ2) is 9.41. The molecule has 3 aromatic rings. The summed E-state index contributed by atoms with van der Waals surface area (Å²) >= 11 is 11.7. The van der Waals surface area contributed by atoms with Crippen molar-refractivity contribution >= 4 is 52.6 Å². The summed E-state index contributed by atoms with van der Waals surface area (Å²) in [5.41, 5.74) is 2.33. The third-order valence-electron chi connectivity index (χ3n) is 3.86. The molecule has 0 bridgehead atoms. The molecule has 8 heteroatoms. The fourth-order valence-electron chi connectivity index (χ4n) is 2.34. The highest BCUT2D eigenvalue weighted by Gasteiger charge is 2.14. The molecule has 2 amide bonds. The van der Waals surface area contributed by atoms with Crippen molar-refractivity contribution in [2.75, 3.05) is 5.32 Å². The number of nitrogens with one attached hydrogen (secondary N) is 2. The zero-order chi connectivity index (χ0) is 20.8. The van der Waals surface area contributed by atoms with E-state index in [0.29, 0.717) is 22.2 Å². The zero-order valence-electron chi connectivity index (χ0n) is 15.4. The molecule has 6 nitrogen and oxygen atoms in total. The Morgan fingerprint density at radius 2 is 1.76 bits per heavy atom. The standard InChI is InChI=1S/C21H17Cl2N3O3/c1-13-2-4-14(5-3-13)24-11-16-7-8-17(29-16)12-25-20(27)21(28)26-15-6-9-18(22)19(23)10-15/h2-11H,12H2,1H3,(H,25,27)(H,26,28). The van der Waals surface area contributed by atoms with Crippen LogP contribution in [0.1, 0.15) is 17.1 Å². The Morgan fingerprint density at radius 3 is 2.48 bits per heavy atom. The van der Waals surface area contributed by atoms with Gasteiger partial charge in [0.25, 0.3) is 0 Å². The molecule has 0 aliphatic rings. The summed E-state index contributed by atoms with van der Waals surface area (Å²) in [6.07, 6.45) is 1.59. The Kier molecular flexibility index (Phi) is 6.69. The Labute approximate surface area is 177 Å². The van der Waals surface area contributed by atoms with E-state index in [1.165, 1.54) is 12.1 Å². The molecule has 0 saturated carbocycles. The third-order valence-corrected chi connectivity index (χ3v) is 4.60. The molecule has 148 valence electrons. The largest absolute Gasteiger partial charge is 0.458 e. The summed E-state index contributed by atoms with van der Waals surface area (Å²) in [4.78, 5) is 28.3. The number of aliphatic imine (C=N–C) groups is 1. The van der Waals surface area contributed by atoms with Crippen LogP contribution in [0.4, 0.5) is 11.4 Å². The van der Waals surface area contributed by atoms with Gasteiger partial charge in [-0.25, -0.2) is 0 Å². The van der Waals surface area contributed by atoms with Crippen molar-refractivity contribution in [2.45, 2.75) is 13.5 Å². The number of amides is 2. The second-order valence-electron chi connectivity index (χ2n) is 6.16. The van der Waals surface area contributed by atoms with Crippen LogP contribution in [0.2, 0.25) is 10.0 Å². The predicted molar refractivity (Wildman–Crippen MR) is 114 cm³/mol. The minimum Gasteiger partial charge on any atom is -0.458 e. The van der Waals surface area contributed by atoms with E-state index in [2.05, 4.69) is 15.6 Å². The van der Waals surface area contributed by atoms with Gasteiger partial charge < -0.3 is 15.1 Å². The van der Waals surface area contributed by atoms with E-state index in [1.54, 1.807) is 24.4 Å². The maximum absolute atomic E-state index is 12.0. The molecular formula is C21H17Cl2N3O3. The van der Waals surface area contributed by atoms with E-state index >= 15 is 0 Å². The molecule has 0 atom stereocenters. The number of aryl methyl sites for hydroxylation is 1. The molecule has 1 aromatic heterocycles. The fourth-order valence-corrected chi connectivity index (χ4v) is 2.64. The van der Waals surface area contributed by atoms with E-state index in [0.717, 1.165) is 11.3 Å². The summed E-state index contributed by atoms with van der Waals surface area (Å²) < 4.78 is 5.58. The average molecular weight is 430 g/mol. The van der Waals surface area contributed by atoms with Crippen molar-refractivity contribution in [3.05, 3.63) is 81.7 Å². The first-order valence-corrected chi connectivity index (χ1v) is 9.40. The molecule has 0 spiro atoms. The van der Waals surface area contributed by atoms with E-state index in [4.69, 9.17) is 27.6 Å². The topological polar surface area (TPSA) is 83.7 Å². The van der Waals surface area contributed by atoms with E-state index in [-0.39, 0.29) is 11.6 Å². The van der Waals surface area contributed by atoms with Gasteiger partial charge in [-0.3, -0.25) is 14.6 Å². The highest BCUT2D eigenvalue weighted by Crippen LogP contribution is 2.24. The number of nitrogens with zero attached hydrogens (tertiary/aromatic N) is 1. The number of carbonyl (C=O) groups excluding carboxylic acids is 2. The Balaban J connectivity index is 1.51. The molecule has 0 fully saturated rings. The first-order valence-electron chi connectivity index (χ1n) is 8.64. The van der Waals surface area contributed by atoms with Gasteiger partial charge in [0.1, 0.15) is 11.5 Å². The third kappa shape index (κ3) is 5.94. The van der Waals surface area contributed by atoms with Gasteiger partial charge in [-0.05, 0) is 49.4 Å². The molecule has 0 aliphatic heterocycles. The number of anilines is 1. The molecule has 29 heavy (non-hydrogen) atoms. The summed E-state index contributed by atoms with van der Waals surface area (Å²) in [5, 5.41) is 5.57. The Morgan fingerprint density at radius 1 is 1.00 bits per heavy atom. The van der Waals surface area contributed by atoms with Crippen molar-refractivity contribution < 1.29 is 14.0 Å². The number of furan rings is 1. The SMILES string of the molecule is Cc1ccc(N=Cc2ccc(CNC(=O)C(=O)Nc3ccc(Cl)c(Cl)c3)o2)cc1. The molecular weight excluding hydrogens is 413 g/mol. The fraction of sp³-hybridized carbons (Fsp3) is 0.0952. The van der Waals surface area contributed by atoms with Crippen LogP contribution >= 0.6 is 23.2 Å². The van der Waals surface area contributed by atoms with Crippen LogP contribution in [0, 0.1) is 6.92 Å². The zero-order valence-corrected chi connectivity index (χ0v) is 16.9. The van der Waals surface area contributed by atoms with Crippen molar-refractivity contribution in [3.8, 4) is 0 Å². The highest BCUT2D eigenvalue weighted by molar-refractivity contribution is 6.42. The van der Waals surface area contributed by atoms with Crippen LogP contribution in [0.5, 0.6) is 0 Å². The quantitative estimate of drug-likeness (QED) is 0.446. The summed E-state index contributed by atoms with van der Waals surface area (Å²) in [5.74, 6) is -0.598. The average Bonchev–Trinajstić information content (AvgIpc) is 3.16. The first-order chi connectivity index (χ1) is 13.9. The van der Waals surface area contributed by atoms with E-state index in [9.17, 15) is 9.59 Å². The maximum atomic E-state index is 12.0. The van der Waals surface area contributed by atoms with Gasteiger partial charge in [0.2, 0.25) is 0 Å². The predicted octanol–water partition coefficient (Wildman–Crippen LogP) is 4.90. The number of benzene rings is 2. The molecule has 2 aromatic carbocycles. The molecule has 0 radical (unpaired) electrons. The van der Waals surface area contributed by atoms with Crippen LogP contribution in [-0.2, 0) is 16.1 Å². The minimum absolute atomic E-state index is 0.0615. The highest BCUT2D eigenvalue weighted by atomic mass is 35.5. The number of halogens is 2. The van der Waals surface area contributed by atoms with Crippen molar-refractivity contribution in [1.82, 2.24) is 5.32 Å². The lowest BCUT2D eigenvalue weighted by molar-refractivity contribution is -0.136. The summed E-state index contributed by atoms with van der Waals surface area (Å²) in [6, 6.07) is 15.7. The van der Waals surface area contributed by atoms with Crippen LogP contribution in [0.25, 0.3) is 0 Å². The lowest BCUT2D eigenvalue weighted by Crippen LogP contribution is -2.34. The lowest BCUT2D eigenvalue weighted by atomic mass is 10.2. The number of rotatable bonds is 5. The molecule has 0 saturated heterocycles. The summed E-state index contributed by atoms with van der Waals surface area (Å²) in [7, 11) is 0. The van der Waals surface area contributed by atoms with Crippen LogP contribution < -0.4 is 10.6 Å². The van der Waals surface area contributed by atoms with Crippen LogP contribution in [0.3, 0.4) is 0 Å². The van der Waals surface area contributed by atoms with Gasteiger partial charge in [0.15, 0.2) is 0 Å². The maximum Gasteiger partial charge on any atom is 0.313 e. The minimum atomic E-state index is -0.823. The number of hydrogen-bond acceptors (Lipinski definition) is 4. The van der Waals surface area contributed by atoms with Gasteiger partial charge >= 0.3 is 11.8 Å². The smallest absolute Gasteiger partial charge is 0.313 e. The van der Waals surface area contributed by atoms with Gasteiger partial charge in [-0.1, -0.05) is 40.9 Å². The summed E-state index contributed by atoms with van der Waals surface area (Å²) in [6.45, 7) is 2.07. The van der Waals surface area contributed by atoms with E-state index < -0.39 is 11.8 Å². The van der Waals surface area contributed by atoms with Crippen molar-refractivity contribution in [2.24, 2.45) is 4.99 Å². The van der Waals surface area contributed by atoms with E-state index in [1.807, 2.05) is 31.2 Å². The van der Waals surface area contributed by atoms with Crippen molar-refractivity contribution in [3.63, 3.8) is 0 Å². The van der Waals surface area contributed by atoms with Crippen LogP contribution in [0.15, 0.2) is 64.0 Å². The molecule has 0 unspecified atom stereocenters. The second-order valence-corrected chi connectivity index (χ2v) is 6.98. The Hall–Kier alpha value is -3.09. The van der Waals surface area contributed by atoms with Gasteiger partial charge in [0.05, 0.1) is 28.5 Å². The number of hydrogen-bond donors (Lipinski definition) is 2. The monoisotopic (exact) mass is 429 g/mol. The van der Waals surface area contributed by atoms with Gasteiger partial charge in [0, 0.05) is 5.69 Å². The van der Waals surface area contributed by atoms with Crippen LogP contribution in [-0.4, -0.2) is 18.0 Å². The molecule has 2 N–H and O–H groups in total. The first kappa shape index (κ1) is 20.6. The normalized spacial score (nSPS) is 10.9. The molecule has 0 aliphatic carbocycles. The van der Waals surface area contributed by atoms with Gasteiger partial charge in [-0.15, -0.1) is 0 Å². The van der Waals surface area contributed by atoms with Crippen molar-refractivity contribution in [1.29, 1.82) is 0 Å².